The van der Waals surface area contributed by atoms with Crippen molar-refractivity contribution in [2.45, 2.75) is 13.8 Å². The lowest BCUT2D eigenvalue weighted by atomic mass is 10.1. The van der Waals surface area contributed by atoms with Gasteiger partial charge in [0.25, 0.3) is 0 Å². The van der Waals surface area contributed by atoms with Crippen LogP contribution in [-0.2, 0) is 0 Å². The van der Waals surface area contributed by atoms with Crippen molar-refractivity contribution in [3.8, 4) is 5.75 Å². The minimum atomic E-state index is 0.969. The van der Waals surface area contributed by atoms with Crippen LogP contribution in [0.2, 0.25) is 0 Å². The zero-order valence-electron chi connectivity index (χ0n) is 8.87. The third kappa shape index (κ3) is 1.73. The van der Waals surface area contributed by atoms with Gasteiger partial charge in [-0.25, -0.2) is 0 Å². The molecule has 4 heteroatoms. The number of hydrogen-bond donors (Lipinski definition) is 0. The molecule has 15 heavy (non-hydrogen) atoms. The largest absolute Gasteiger partial charge is 0.496 e. The van der Waals surface area contributed by atoms with E-state index in [4.69, 9.17) is 4.74 Å². The van der Waals surface area contributed by atoms with E-state index in [1.165, 1.54) is 22.0 Å². The van der Waals surface area contributed by atoms with Crippen LogP contribution in [0, 0.1) is 13.8 Å². The number of rotatable bonds is 2. The van der Waals surface area contributed by atoms with Gasteiger partial charge in [0.05, 0.1) is 12.6 Å². The van der Waals surface area contributed by atoms with Crippen LogP contribution < -0.4 is 4.74 Å². The molecule has 0 amide bonds. The number of aromatic nitrogens is 1. The standard InChI is InChI=1S/C11H12INOS/c1-7-6-10(14-3)8(2)9-4-5-13(15-12)11(7)9/h4-6H,1-3H3. The third-order valence-corrected chi connectivity index (χ3v) is 4.37. The molecule has 0 spiro atoms. The zero-order valence-corrected chi connectivity index (χ0v) is 11.8. The fraction of sp³-hybridized carbons (Fsp3) is 0.273. The molecule has 2 aromatic rings. The summed E-state index contributed by atoms with van der Waals surface area (Å²) in [4.78, 5) is 0. The van der Waals surface area contributed by atoms with Crippen LogP contribution in [0.5, 0.6) is 5.75 Å². The minimum absolute atomic E-state index is 0.969. The molecule has 1 aromatic carbocycles. The fourth-order valence-corrected chi connectivity index (χ4v) is 3.28. The molecule has 2 rings (SSSR count). The van der Waals surface area contributed by atoms with Gasteiger partial charge in [0.15, 0.2) is 0 Å². The van der Waals surface area contributed by atoms with Gasteiger partial charge in [0.1, 0.15) is 5.75 Å². The summed E-state index contributed by atoms with van der Waals surface area (Å²) in [6, 6.07) is 4.24. The summed E-state index contributed by atoms with van der Waals surface area (Å²) in [6.07, 6.45) is 2.10. The molecule has 0 saturated heterocycles. The average molecular weight is 333 g/mol. The molecule has 0 N–H and O–H groups in total. The topological polar surface area (TPSA) is 14.2 Å². The smallest absolute Gasteiger partial charge is 0.122 e. The van der Waals surface area contributed by atoms with E-state index in [1.54, 1.807) is 16.2 Å². The van der Waals surface area contributed by atoms with Crippen LogP contribution in [0.3, 0.4) is 0 Å². The van der Waals surface area contributed by atoms with Gasteiger partial charge in [-0.15, -0.1) is 0 Å². The Kier molecular flexibility index (Phi) is 3.16. The van der Waals surface area contributed by atoms with E-state index in [-0.39, 0.29) is 0 Å². The van der Waals surface area contributed by atoms with Crippen molar-refractivity contribution in [2.24, 2.45) is 0 Å². The van der Waals surface area contributed by atoms with Crippen LogP contribution in [0.1, 0.15) is 11.1 Å². The number of hydrogen-bond acceptors (Lipinski definition) is 2. The van der Waals surface area contributed by atoms with Crippen molar-refractivity contribution in [1.82, 2.24) is 3.97 Å². The van der Waals surface area contributed by atoms with Gasteiger partial charge >= 0.3 is 0 Å². The number of benzene rings is 1. The second kappa shape index (κ2) is 4.25. The predicted molar refractivity (Wildman–Crippen MR) is 75.0 cm³/mol. The van der Waals surface area contributed by atoms with Crippen molar-refractivity contribution in [3.05, 3.63) is 29.5 Å². The third-order valence-electron chi connectivity index (χ3n) is 2.64. The van der Waals surface area contributed by atoms with Gasteiger partial charge in [-0.05, 0) is 31.5 Å². The SMILES string of the molecule is COc1cc(C)c2c(ccn2SI)c1C. The Hall–Kier alpha value is -0.360. The quantitative estimate of drug-likeness (QED) is 0.768. The molecule has 0 fully saturated rings. The number of aryl methyl sites for hydroxylation is 2. The molecule has 1 aromatic heterocycles. The second-order valence-corrected chi connectivity index (χ2v) is 5.21. The van der Waals surface area contributed by atoms with E-state index in [0.717, 1.165) is 5.75 Å². The molecule has 0 aliphatic rings. The summed E-state index contributed by atoms with van der Waals surface area (Å²) in [5.74, 6) is 0.969. The molecule has 0 saturated carbocycles. The molecule has 80 valence electrons. The van der Waals surface area contributed by atoms with Gasteiger partial charge in [-0.2, -0.15) is 0 Å². The first-order valence-corrected chi connectivity index (χ1v) is 7.95. The van der Waals surface area contributed by atoms with E-state index in [1.807, 2.05) is 0 Å². The van der Waals surface area contributed by atoms with E-state index in [2.05, 4.69) is 57.4 Å². The Morgan fingerprint density at radius 3 is 2.73 bits per heavy atom. The number of halogens is 1. The second-order valence-electron chi connectivity index (χ2n) is 3.49. The highest BCUT2D eigenvalue weighted by molar-refractivity contribution is 14.2. The van der Waals surface area contributed by atoms with Gasteiger partial charge in [-0.1, -0.05) is 0 Å². The normalized spacial score (nSPS) is 10.9. The number of nitrogens with zero attached hydrogens (tertiary/aromatic N) is 1. The lowest BCUT2D eigenvalue weighted by Gasteiger charge is -2.09. The molecule has 0 bridgehead atoms. The fourth-order valence-electron chi connectivity index (χ4n) is 1.88. The summed E-state index contributed by atoms with van der Waals surface area (Å²) < 4.78 is 7.54. The Bertz CT molecular complexity index is 507. The van der Waals surface area contributed by atoms with Gasteiger partial charge < -0.3 is 4.74 Å². The molecule has 0 aliphatic heterocycles. The lowest BCUT2D eigenvalue weighted by Crippen LogP contribution is -1.91. The highest BCUT2D eigenvalue weighted by Crippen LogP contribution is 2.34. The zero-order chi connectivity index (χ0) is 11.0. The van der Waals surface area contributed by atoms with Crippen molar-refractivity contribution in [1.29, 1.82) is 0 Å². The van der Waals surface area contributed by atoms with Gasteiger partial charge in [0, 0.05) is 47.5 Å². The Morgan fingerprint density at radius 2 is 2.13 bits per heavy atom. The number of ether oxygens (including phenoxy) is 1. The maximum atomic E-state index is 5.36. The van der Waals surface area contributed by atoms with Crippen LogP contribution in [0.4, 0.5) is 0 Å². The number of fused-ring (bicyclic) bond motifs is 1. The molecular formula is C11H12INOS. The van der Waals surface area contributed by atoms with E-state index in [9.17, 15) is 0 Å². The van der Waals surface area contributed by atoms with E-state index in [0.29, 0.717) is 0 Å². The predicted octanol–water partition coefficient (Wildman–Crippen LogP) is 4.11. The molecule has 1 heterocycles. The van der Waals surface area contributed by atoms with Crippen molar-refractivity contribution in [3.63, 3.8) is 0 Å². The molecule has 2 nitrogen and oxygen atoms in total. The van der Waals surface area contributed by atoms with Crippen LogP contribution in [0.25, 0.3) is 10.9 Å². The van der Waals surface area contributed by atoms with E-state index < -0.39 is 0 Å². The van der Waals surface area contributed by atoms with Gasteiger partial charge in [0.2, 0.25) is 0 Å². The molecule has 0 unspecified atom stereocenters. The van der Waals surface area contributed by atoms with Crippen LogP contribution in [0.15, 0.2) is 18.3 Å². The Labute approximate surface area is 106 Å². The first-order valence-electron chi connectivity index (χ1n) is 4.63. The Balaban J connectivity index is 2.83. The van der Waals surface area contributed by atoms with Crippen molar-refractivity contribution >= 4 is 41.2 Å². The molecule has 0 aliphatic carbocycles. The highest BCUT2D eigenvalue weighted by Gasteiger charge is 2.10. The lowest BCUT2D eigenvalue weighted by molar-refractivity contribution is 0.412. The average Bonchev–Trinajstić information content (AvgIpc) is 2.67. The van der Waals surface area contributed by atoms with Crippen molar-refractivity contribution < 1.29 is 4.74 Å². The maximum Gasteiger partial charge on any atom is 0.122 e. The summed E-state index contributed by atoms with van der Waals surface area (Å²) in [5, 5.41) is 1.27. The minimum Gasteiger partial charge on any atom is -0.496 e. The van der Waals surface area contributed by atoms with E-state index >= 15 is 0 Å². The Morgan fingerprint density at radius 1 is 1.40 bits per heavy atom. The van der Waals surface area contributed by atoms with Gasteiger partial charge in [-0.3, -0.25) is 3.97 Å². The molecular weight excluding hydrogens is 321 g/mol. The maximum absolute atomic E-state index is 5.36. The summed E-state index contributed by atoms with van der Waals surface area (Å²) >= 11 is 2.29. The first kappa shape index (κ1) is 11.1. The summed E-state index contributed by atoms with van der Waals surface area (Å²) in [5.41, 5.74) is 3.75. The highest BCUT2D eigenvalue weighted by atomic mass is 127. The first-order chi connectivity index (χ1) is 7.19. The number of methoxy groups -OCH3 is 1. The monoisotopic (exact) mass is 333 g/mol. The molecule has 0 atom stereocenters. The summed E-state index contributed by atoms with van der Waals surface area (Å²) in [7, 11) is 3.41. The van der Waals surface area contributed by atoms with Crippen molar-refractivity contribution in [2.75, 3.05) is 7.11 Å². The van der Waals surface area contributed by atoms with Crippen LogP contribution in [-0.4, -0.2) is 11.1 Å². The summed E-state index contributed by atoms with van der Waals surface area (Å²) in [6.45, 7) is 4.22. The van der Waals surface area contributed by atoms with Crippen LogP contribution >= 0.6 is 30.3 Å². The molecule has 0 radical (unpaired) electrons.